The van der Waals surface area contributed by atoms with Crippen LogP contribution in [0.25, 0.3) is 61.0 Å². The summed E-state index contributed by atoms with van der Waals surface area (Å²) in [4.78, 5) is 7.93. The zero-order chi connectivity index (χ0) is 65.6. The molecule has 0 N–H and O–H groups in total. The second-order valence-corrected chi connectivity index (χ2v) is 24.1. The predicted octanol–water partition coefficient (Wildman–Crippen LogP) is 16.6. The van der Waals surface area contributed by atoms with Crippen molar-refractivity contribution < 1.29 is 47.1 Å². The van der Waals surface area contributed by atoms with Gasteiger partial charge in [0.15, 0.2) is 0 Å². The average molecular weight is 1160 g/mol. The van der Waals surface area contributed by atoms with Gasteiger partial charge in [-0.2, -0.15) is 52.7 Å². The summed E-state index contributed by atoms with van der Waals surface area (Å²) in [6.07, 6.45) is -0.554. The van der Waals surface area contributed by atoms with Crippen LogP contribution >= 0.6 is 0 Å². The molecule has 3 heterocycles. The van der Waals surface area contributed by atoms with Crippen LogP contribution in [0.15, 0.2) is 224 Å². The van der Waals surface area contributed by atoms with Crippen molar-refractivity contribution in [3.8, 4) is 39.2 Å². The minimum Gasteiger partial charge on any atom is -0.493 e. The monoisotopic (exact) mass is 1160 g/mol. The molecule has 0 radical (unpaired) electrons. The Morgan fingerprint density at radius 1 is 0.589 bits per heavy atom. The summed E-state index contributed by atoms with van der Waals surface area (Å²) < 4.78 is 178. The first-order valence-corrected chi connectivity index (χ1v) is 26.9. The van der Waals surface area contributed by atoms with Crippen LogP contribution in [0.5, 0.6) is 0 Å². The molecule has 11 aromatic rings. The van der Waals surface area contributed by atoms with E-state index < -0.39 is 162 Å². The molecule has 360 valence electrons. The van der Waals surface area contributed by atoms with E-state index in [0.717, 1.165) is 32.6 Å². The standard InChI is InChI=1S/C67H55N4Si.Pt/c1-67(2,53-28-16-9-17-29-53)54-36-37-68-65(44-54)71-61-31-19-18-30-57(61)58-35-34-47(41-64(58)71)38-48-39-55(45-56(40-48)72(3,4)5)69-46-70(63-33-21-20-32-62(63)69)66-59(50-24-12-7-13-25-50)42-52(49-22-10-6-11-23-49)43-60(66)51-26-14-8-15-27-51;/h6-37,40,42-46H,38H2,1-5H3;/q-3;/i6D,7D,8D,10D,11D,12D,13D,14D,15D,22D,23D,24D,25D,26D,27D,38D2,42D,43D;. The van der Waals surface area contributed by atoms with E-state index in [9.17, 15) is 11.0 Å². The van der Waals surface area contributed by atoms with Crippen molar-refractivity contribution in [2.45, 2.75) is 45.3 Å². The number of anilines is 4. The van der Waals surface area contributed by atoms with E-state index in [-0.39, 0.29) is 43.6 Å². The summed E-state index contributed by atoms with van der Waals surface area (Å²) in [5.74, 6) is 0.604. The van der Waals surface area contributed by atoms with Crippen molar-refractivity contribution in [3.63, 3.8) is 0 Å². The zero-order valence-corrected chi connectivity index (χ0v) is 43.5. The maximum Gasteiger partial charge on any atom is 0.135 e. The van der Waals surface area contributed by atoms with Gasteiger partial charge >= 0.3 is 0 Å². The molecular weight excluding hydrogens is 1080 g/mol. The molecule has 2 aromatic heterocycles. The minimum absolute atomic E-state index is 0. The number of nitrogens with zero attached hydrogens (tertiary/aromatic N) is 4. The summed E-state index contributed by atoms with van der Waals surface area (Å²) in [5, 5.41) is 2.50. The van der Waals surface area contributed by atoms with E-state index in [1.54, 1.807) is 47.5 Å². The first kappa shape index (κ1) is 30.5. The van der Waals surface area contributed by atoms with E-state index in [1.807, 2.05) is 71.3 Å². The van der Waals surface area contributed by atoms with Crippen LogP contribution < -0.4 is 15.0 Å². The van der Waals surface area contributed by atoms with Crippen molar-refractivity contribution in [1.82, 2.24) is 9.55 Å². The van der Waals surface area contributed by atoms with E-state index >= 15 is 0 Å². The first-order valence-electron chi connectivity index (χ1n) is 32.9. The van der Waals surface area contributed by atoms with Crippen molar-refractivity contribution in [1.29, 1.82) is 0 Å². The molecule has 0 spiro atoms. The summed E-state index contributed by atoms with van der Waals surface area (Å²) in [7, 11) is -2.47. The van der Waals surface area contributed by atoms with Crippen LogP contribution in [0.3, 0.4) is 0 Å². The average Bonchev–Trinajstić information content (AvgIpc) is 1.12. The molecule has 0 fully saturated rings. The second kappa shape index (κ2) is 19.5. The number of fused-ring (bicyclic) bond motifs is 4. The van der Waals surface area contributed by atoms with Crippen LogP contribution in [-0.2, 0) is 32.9 Å². The third-order valence-corrected chi connectivity index (χ3v) is 15.1. The Hall–Kier alpha value is -7.56. The van der Waals surface area contributed by atoms with Gasteiger partial charge in [-0.3, -0.25) is 0 Å². The molecule has 0 bridgehead atoms. The number of benzene rings is 9. The number of rotatable bonds is 11. The van der Waals surface area contributed by atoms with E-state index in [4.69, 9.17) is 20.1 Å². The molecule has 0 atom stereocenters. The van der Waals surface area contributed by atoms with E-state index in [0.29, 0.717) is 17.0 Å². The maximum absolute atomic E-state index is 10.2. The molecule has 0 aliphatic carbocycles. The topological polar surface area (TPSA) is 24.3 Å². The second-order valence-electron chi connectivity index (χ2n) is 19.0. The third kappa shape index (κ3) is 8.96. The fourth-order valence-corrected chi connectivity index (χ4v) is 10.5. The van der Waals surface area contributed by atoms with Gasteiger partial charge in [-0.05, 0) is 87.6 Å². The fourth-order valence-electron chi connectivity index (χ4n) is 9.34. The van der Waals surface area contributed by atoms with Crippen LogP contribution in [0.4, 0.5) is 22.7 Å². The van der Waals surface area contributed by atoms with Crippen LogP contribution in [0, 0.1) is 18.8 Å². The smallest absolute Gasteiger partial charge is 0.135 e. The van der Waals surface area contributed by atoms with Crippen LogP contribution in [0.1, 0.15) is 62.1 Å². The Balaban J connectivity index is 0.00000867. The van der Waals surface area contributed by atoms with Gasteiger partial charge in [-0.25, -0.2) is 4.98 Å². The number of para-hydroxylation sites is 3. The minimum atomic E-state index is -2.47. The molecule has 0 saturated carbocycles. The normalized spacial score (nSPS) is 16.4. The van der Waals surface area contributed by atoms with Gasteiger partial charge in [0.05, 0.1) is 31.4 Å². The largest absolute Gasteiger partial charge is 0.493 e. The van der Waals surface area contributed by atoms with Crippen molar-refractivity contribution in [3.05, 3.63) is 265 Å². The number of hydrogen-bond donors (Lipinski definition) is 0. The maximum atomic E-state index is 10.2. The summed E-state index contributed by atoms with van der Waals surface area (Å²) >= 11 is 0. The van der Waals surface area contributed by atoms with Crippen LogP contribution in [0.2, 0.25) is 19.6 Å². The van der Waals surface area contributed by atoms with Gasteiger partial charge in [-0.1, -0.05) is 190 Å². The molecule has 4 nitrogen and oxygen atoms in total. The molecule has 73 heavy (non-hydrogen) atoms. The van der Waals surface area contributed by atoms with Crippen molar-refractivity contribution >= 4 is 57.8 Å². The summed E-state index contributed by atoms with van der Waals surface area (Å²) in [6, 6.07) is 28.4. The summed E-state index contributed by atoms with van der Waals surface area (Å²) in [5.41, 5.74) is -0.138. The Labute approximate surface area is 472 Å². The summed E-state index contributed by atoms with van der Waals surface area (Å²) in [6.45, 7) is 12.1. The van der Waals surface area contributed by atoms with Gasteiger partial charge in [0.1, 0.15) is 5.82 Å². The Bertz CT molecular complexity index is 4730. The molecule has 0 unspecified atom stereocenters. The first-order chi connectivity index (χ1) is 42.9. The van der Waals surface area contributed by atoms with Crippen LogP contribution in [-0.4, -0.2) is 17.6 Å². The predicted molar refractivity (Wildman–Crippen MR) is 305 cm³/mol. The third-order valence-electron chi connectivity index (χ3n) is 13.1. The van der Waals surface area contributed by atoms with Gasteiger partial charge in [0.25, 0.3) is 0 Å². The van der Waals surface area contributed by atoms with Crippen molar-refractivity contribution in [2.75, 3.05) is 9.80 Å². The zero-order valence-electron chi connectivity index (χ0n) is 59.2. The molecule has 6 heteroatoms. The number of aromatic nitrogens is 2. The molecule has 1 aliphatic rings. The van der Waals surface area contributed by atoms with Crippen molar-refractivity contribution in [2.24, 2.45) is 0 Å². The molecule has 9 aromatic carbocycles. The van der Waals surface area contributed by atoms with E-state index in [1.165, 1.54) is 11.6 Å². The quantitative estimate of drug-likeness (QED) is 0.0953. The van der Waals surface area contributed by atoms with Gasteiger partial charge in [0.2, 0.25) is 0 Å². The van der Waals surface area contributed by atoms with Gasteiger partial charge in [-0.15, -0.1) is 17.7 Å². The van der Waals surface area contributed by atoms with Gasteiger partial charge < -0.3 is 14.4 Å². The molecule has 1 aliphatic heterocycles. The fraction of sp³-hybridized carbons (Fsp3) is 0.104. The Morgan fingerprint density at radius 2 is 1.19 bits per heavy atom. The Morgan fingerprint density at radius 3 is 1.85 bits per heavy atom. The molecule has 12 rings (SSSR count). The molecule has 0 saturated heterocycles. The SMILES string of the molecule is [2H]c1c([2H])c([2H])c(-c2c([2H])c(-c3c([2H])c([2H])c([2H])c([2H])c3[2H])c(N3[CH-]N(c4[c-]c(C([2H])([2H])c5[c-]c6c(cc5)c5ccccc5n6-c5cc(C(C)(C)c6ccccc6)ccn5)cc([Si](C)(C)C)c4)c4ccccc43)c(-c3c([2H])c([2H])c([2H])c([2H])c3[2H])c2[2H])c([2H])c1[2H].[Pt]. The van der Waals surface area contributed by atoms with E-state index in [2.05, 4.69) is 57.8 Å². The number of pyridine rings is 1. The number of hydrogen-bond acceptors (Lipinski definition) is 3. The molecular formula is C67H55N4PtSi-3. The molecule has 0 amide bonds. The van der Waals surface area contributed by atoms with Gasteiger partial charge in [0, 0.05) is 69.1 Å². The Kier molecular flexibility index (Phi) is 8.12.